The smallest absolute Gasteiger partial charge is 0.249 e. The van der Waals surface area contributed by atoms with Crippen LogP contribution in [0.5, 0.6) is 0 Å². The van der Waals surface area contributed by atoms with Crippen LogP contribution in [0, 0.1) is 5.92 Å². The van der Waals surface area contributed by atoms with Gasteiger partial charge in [-0.15, -0.1) is 11.3 Å². The summed E-state index contributed by atoms with van der Waals surface area (Å²) in [5.74, 6) is 0.354. The average molecular weight is 307 g/mol. The van der Waals surface area contributed by atoms with Crippen molar-refractivity contribution in [2.45, 2.75) is 57.7 Å². The highest BCUT2D eigenvalue weighted by Gasteiger charge is 2.55. The first-order valence-electron chi connectivity index (χ1n) is 7.56. The van der Waals surface area contributed by atoms with Gasteiger partial charge in [0.2, 0.25) is 11.8 Å². The molecule has 1 aliphatic heterocycles. The van der Waals surface area contributed by atoms with E-state index in [0.717, 1.165) is 24.1 Å². The zero-order valence-electron chi connectivity index (χ0n) is 12.5. The molecule has 1 saturated carbocycles. The molecule has 21 heavy (non-hydrogen) atoms. The standard InChI is InChI=1S/C15H21N3O2S/c1-3-4-12-13(19)17-15(2,10-5-6-10)14(20)18(12)8-11-7-16-9-21-11/h7,9-10,12H,3-6,8H2,1-2H3,(H,17,19). The van der Waals surface area contributed by atoms with Crippen molar-refractivity contribution in [2.24, 2.45) is 5.92 Å². The molecule has 1 N–H and O–H groups in total. The van der Waals surface area contributed by atoms with Gasteiger partial charge in [-0.1, -0.05) is 13.3 Å². The number of carbonyl (C=O) groups is 2. The Hall–Kier alpha value is -1.43. The van der Waals surface area contributed by atoms with E-state index in [1.807, 2.05) is 13.8 Å². The van der Waals surface area contributed by atoms with E-state index >= 15 is 0 Å². The second kappa shape index (κ2) is 5.40. The SMILES string of the molecule is CCCC1C(=O)NC(C)(C2CC2)C(=O)N1Cc1cncs1. The molecule has 2 atom stereocenters. The number of carbonyl (C=O) groups excluding carboxylic acids is 2. The quantitative estimate of drug-likeness (QED) is 0.904. The highest BCUT2D eigenvalue weighted by molar-refractivity contribution is 7.09. The van der Waals surface area contributed by atoms with Gasteiger partial charge in [-0.05, 0) is 32.1 Å². The van der Waals surface area contributed by atoms with Crippen molar-refractivity contribution < 1.29 is 9.59 Å². The minimum atomic E-state index is -0.716. The van der Waals surface area contributed by atoms with Crippen molar-refractivity contribution in [3.63, 3.8) is 0 Å². The average Bonchev–Trinajstić information content (AvgIpc) is 3.19. The number of rotatable bonds is 5. The zero-order valence-corrected chi connectivity index (χ0v) is 13.3. The Bertz CT molecular complexity index is 541. The third kappa shape index (κ3) is 2.57. The predicted molar refractivity (Wildman–Crippen MR) is 80.6 cm³/mol. The van der Waals surface area contributed by atoms with Gasteiger partial charge in [0, 0.05) is 11.1 Å². The third-order valence-electron chi connectivity index (χ3n) is 4.53. The van der Waals surface area contributed by atoms with Crippen LogP contribution in [0.15, 0.2) is 11.7 Å². The van der Waals surface area contributed by atoms with Crippen molar-refractivity contribution in [2.75, 3.05) is 0 Å². The topological polar surface area (TPSA) is 62.3 Å². The Labute approximate surface area is 128 Å². The Morgan fingerprint density at radius 2 is 2.24 bits per heavy atom. The lowest BCUT2D eigenvalue weighted by molar-refractivity contribution is -0.156. The molecule has 114 valence electrons. The van der Waals surface area contributed by atoms with Crippen LogP contribution in [0.2, 0.25) is 0 Å². The second-order valence-corrected chi connectivity index (χ2v) is 7.14. The third-order valence-corrected chi connectivity index (χ3v) is 5.30. The van der Waals surface area contributed by atoms with E-state index < -0.39 is 5.54 Å². The first-order chi connectivity index (χ1) is 10.1. The maximum atomic E-state index is 13.0. The first-order valence-corrected chi connectivity index (χ1v) is 8.44. The molecule has 0 spiro atoms. The molecular weight excluding hydrogens is 286 g/mol. The zero-order chi connectivity index (χ0) is 15.0. The Kier molecular flexibility index (Phi) is 3.73. The number of aromatic nitrogens is 1. The highest BCUT2D eigenvalue weighted by atomic mass is 32.1. The van der Waals surface area contributed by atoms with Crippen molar-refractivity contribution in [3.8, 4) is 0 Å². The summed E-state index contributed by atoms with van der Waals surface area (Å²) >= 11 is 1.53. The highest BCUT2D eigenvalue weighted by Crippen LogP contribution is 2.42. The number of hydrogen-bond acceptors (Lipinski definition) is 4. The van der Waals surface area contributed by atoms with E-state index in [2.05, 4.69) is 10.3 Å². The molecule has 1 aliphatic carbocycles. The summed E-state index contributed by atoms with van der Waals surface area (Å²) in [6.45, 7) is 4.41. The van der Waals surface area contributed by atoms with Crippen LogP contribution in [-0.4, -0.2) is 33.3 Å². The summed E-state index contributed by atoms with van der Waals surface area (Å²) in [4.78, 5) is 32.3. The Balaban J connectivity index is 1.88. The van der Waals surface area contributed by atoms with Gasteiger partial charge in [-0.3, -0.25) is 14.6 Å². The second-order valence-electron chi connectivity index (χ2n) is 6.17. The summed E-state index contributed by atoms with van der Waals surface area (Å²) in [6.07, 6.45) is 5.41. The van der Waals surface area contributed by atoms with Crippen LogP contribution in [-0.2, 0) is 16.1 Å². The predicted octanol–water partition coefficient (Wildman–Crippen LogP) is 1.94. The number of thiazole rings is 1. The van der Waals surface area contributed by atoms with Gasteiger partial charge in [0.15, 0.2) is 0 Å². The fourth-order valence-corrected chi connectivity index (χ4v) is 3.73. The molecule has 1 saturated heterocycles. The van der Waals surface area contributed by atoms with Crippen molar-refractivity contribution in [1.29, 1.82) is 0 Å². The maximum absolute atomic E-state index is 13.0. The molecule has 6 heteroatoms. The molecule has 2 heterocycles. The van der Waals surface area contributed by atoms with Crippen LogP contribution in [0.4, 0.5) is 0 Å². The fraction of sp³-hybridized carbons (Fsp3) is 0.667. The van der Waals surface area contributed by atoms with Gasteiger partial charge in [-0.2, -0.15) is 0 Å². The van der Waals surface area contributed by atoms with E-state index in [4.69, 9.17) is 0 Å². The molecule has 1 aromatic rings. The van der Waals surface area contributed by atoms with E-state index in [1.165, 1.54) is 11.3 Å². The molecule has 0 aromatic carbocycles. The van der Waals surface area contributed by atoms with Gasteiger partial charge in [0.25, 0.3) is 0 Å². The largest absolute Gasteiger partial charge is 0.340 e. The number of nitrogens with one attached hydrogen (secondary N) is 1. The number of amides is 2. The van der Waals surface area contributed by atoms with Gasteiger partial charge in [-0.25, -0.2) is 0 Å². The lowest BCUT2D eigenvalue weighted by Crippen LogP contribution is -2.69. The summed E-state index contributed by atoms with van der Waals surface area (Å²) in [7, 11) is 0. The summed E-state index contributed by atoms with van der Waals surface area (Å²) in [5, 5.41) is 3.01. The number of hydrogen-bond donors (Lipinski definition) is 1. The molecule has 2 amide bonds. The number of piperazine rings is 1. The van der Waals surface area contributed by atoms with Crippen molar-refractivity contribution >= 4 is 23.2 Å². The van der Waals surface area contributed by atoms with E-state index in [-0.39, 0.29) is 17.9 Å². The molecule has 2 aliphatic rings. The normalized spacial score (nSPS) is 29.6. The molecule has 2 fully saturated rings. The van der Waals surface area contributed by atoms with Crippen molar-refractivity contribution in [1.82, 2.24) is 15.2 Å². The number of nitrogens with zero attached hydrogens (tertiary/aromatic N) is 2. The van der Waals surface area contributed by atoms with Gasteiger partial charge < -0.3 is 10.2 Å². The lowest BCUT2D eigenvalue weighted by Gasteiger charge is -2.44. The van der Waals surface area contributed by atoms with E-state index in [0.29, 0.717) is 18.9 Å². The Morgan fingerprint density at radius 3 is 2.81 bits per heavy atom. The molecule has 0 radical (unpaired) electrons. The van der Waals surface area contributed by atoms with Crippen molar-refractivity contribution in [3.05, 3.63) is 16.6 Å². The van der Waals surface area contributed by atoms with E-state index in [1.54, 1.807) is 16.6 Å². The molecular formula is C15H21N3O2S. The fourth-order valence-electron chi connectivity index (χ4n) is 3.14. The lowest BCUT2D eigenvalue weighted by atomic mass is 9.88. The minimum absolute atomic E-state index is 0.00429. The monoisotopic (exact) mass is 307 g/mol. The molecule has 0 bridgehead atoms. The Morgan fingerprint density at radius 1 is 1.48 bits per heavy atom. The first kappa shape index (κ1) is 14.5. The molecule has 1 aromatic heterocycles. The minimum Gasteiger partial charge on any atom is -0.340 e. The van der Waals surface area contributed by atoms with Gasteiger partial charge in [0.1, 0.15) is 11.6 Å². The summed E-state index contributed by atoms with van der Waals surface area (Å²) in [6, 6.07) is -0.351. The van der Waals surface area contributed by atoms with E-state index in [9.17, 15) is 9.59 Å². The summed E-state index contributed by atoms with van der Waals surface area (Å²) < 4.78 is 0. The van der Waals surface area contributed by atoms with Gasteiger partial charge >= 0.3 is 0 Å². The van der Waals surface area contributed by atoms with Gasteiger partial charge in [0.05, 0.1) is 12.1 Å². The maximum Gasteiger partial charge on any atom is 0.249 e. The molecule has 3 rings (SSSR count). The summed E-state index contributed by atoms with van der Waals surface area (Å²) in [5.41, 5.74) is 1.05. The van der Waals surface area contributed by atoms with Crippen LogP contribution in [0.3, 0.4) is 0 Å². The van der Waals surface area contributed by atoms with Crippen LogP contribution >= 0.6 is 11.3 Å². The van der Waals surface area contributed by atoms with Crippen LogP contribution in [0.1, 0.15) is 44.4 Å². The molecule has 5 nitrogen and oxygen atoms in total. The van der Waals surface area contributed by atoms with Crippen LogP contribution < -0.4 is 5.32 Å². The van der Waals surface area contributed by atoms with Crippen LogP contribution in [0.25, 0.3) is 0 Å². The molecule has 2 unspecified atom stereocenters.